The molecule has 8 heteroatoms. The summed E-state index contributed by atoms with van der Waals surface area (Å²) in [4.78, 5) is 0. The molecule has 0 amide bonds. The van der Waals surface area contributed by atoms with Crippen LogP contribution in [0.4, 0.5) is 0 Å². The lowest BCUT2D eigenvalue weighted by atomic mass is 10.0. The summed E-state index contributed by atoms with van der Waals surface area (Å²) in [7, 11) is -2.16. The van der Waals surface area contributed by atoms with Gasteiger partial charge in [0, 0.05) is 11.1 Å². The van der Waals surface area contributed by atoms with Crippen LogP contribution in [0, 0.1) is 0 Å². The maximum absolute atomic E-state index is 6.82. The Morgan fingerprint density at radius 3 is 0.942 bits per heavy atom. The van der Waals surface area contributed by atoms with Gasteiger partial charge in [0.25, 0.3) is 0 Å². The minimum absolute atomic E-state index is 0.378. The minimum atomic E-state index is -1.08. The van der Waals surface area contributed by atoms with E-state index in [9.17, 15) is 0 Å². The zero-order valence-corrected chi connectivity index (χ0v) is 30.6. The lowest BCUT2D eigenvalue weighted by Gasteiger charge is -2.30. The Hall–Kier alpha value is -4.70. The van der Waals surface area contributed by atoms with Gasteiger partial charge in [-0.15, -0.1) is 0 Å². The van der Waals surface area contributed by atoms with Crippen LogP contribution in [0.2, 0.25) is 0 Å². The average Bonchev–Trinajstić information content (AvgIpc) is 3.41. The highest BCUT2D eigenvalue weighted by molar-refractivity contribution is 7.80. The lowest BCUT2D eigenvalue weighted by molar-refractivity contribution is 0.0876. The van der Waals surface area contributed by atoms with Crippen LogP contribution in [-0.2, 0) is 9.47 Å². The Morgan fingerprint density at radius 2 is 0.615 bits per heavy atom. The van der Waals surface area contributed by atoms with Gasteiger partial charge in [-0.3, -0.25) is 0 Å². The Morgan fingerprint density at radius 1 is 0.308 bits per heavy atom. The molecule has 0 spiro atoms. The second-order valence-electron chi connectivity index (χ2n) is 12.2. The van der Waals surface area contributed by atoms with Gasteiger partial charge in [-0.05, 0) is 71.9 Å². The van der Waals surface area contributed by atoms with Gasteiger partial charge in [0.05, 0.1) is 26.4 Å². The Bertz CT molecular complexity index is 1830. The molecule has 8 rings (SSSR count). The molecule has 52 heavy (non-hydrogen) atoms. The molecule has 2 aliphatic heterocycles. The molecular weight excluding hydrogens is 686 g/mol. The third-order valence-corrected chi connectivity index (χ3v) is 13.9. The van der Waals surface area contributed by atoms with Crippen molar-refractivity contribution in [3.05, 3.63) is 146 Å². The molecule has 0 unspecified atom stereocenters. The largest absolute Gasteiger partial charge is 0.487 e. The first kappa shape index (κ1) is 34.4. The van der Waals surface area contributed by atoms with Crippen molar-refractivity contribution in [2.45, 2.75) is 0 Å². The first-order chi connectivity index (χ1) is 25.9. The molecule has 0 radical (unpaired) electrons. The lowest BCUT2D eigenvalue weighted by Crippen LogP contribution is -2.27. The second-order valence-corrected chi connectivity index (χ2v) is 16.6. The van der Waals surface area contributed by atoms with Crippen LogP contribution in [0.15, 0.2) is 146 Å². The fraction of sp³-hybridized carbons (Fsp3) is 0.182. The van der Waals surface area contributed by atoms with E-state index in [4.69, 9.17) is 28.4 Å². The number of ether oxygens (including phenoxy) is 6. The molecule has 6 nitrogen and oxygen atoms in total. The minimum Gasteiger partial charge on any atom is -0.487 e. The molecule has 0 atom stereocenters. The number of hydrogen-bond donors (Lipinski definition) is 0. The summed E-state index contributed by atoms with van der Waals surface area (Å²) in [5, 5.41) is 7.20. The zero-order valence-electron chi connectivity index (χ0n) is 28.9. The SMILES string of the molecule is c1ccc(P(c2ccccc2)c2ccc3c(c2-c2c(P(c4ccccc4)c4ccccc4)ccc4c2OCCOCCO4)OCCOCCO3)cc1. The molecule has 0 aliphatic carbocycles. The van der Waals surface area contributed by atoms with Gasteiger partial charge < -0.3 is 28.4 Å². The van der Waals surface area contributed by atoms with E-state index in [1.54, 1.807) is 0 Å². The number of rotatable bonds is 7. The van der Waals surface area contributed by atoms with E-state index < -0.39 is 15.8 Å². The highest BCUT2D eigenvalue weighted by Gasteiger charge is 2.33. The van der Waals surface area contributed by atoms with Gasteiger partial charge in [0.1, 0.15) is 26.4 Å². The molecule has 0 N–H and O–H groups in total. The maximum Gasteiger partial charge on any atom is 0.169 e. The Balaban J connectivity index is 1.50. The first-order valence-corrected chi connectivity index (χ1v) is 20.4. The quantitative estimate of drug-likeness (QED) is 0.177. The summed E-state index contributed by atoms with van der Waals surface area (Å²) >= 11 is 0. The van der Waals surface area contributed by atoms with Crippen LogP contribution < -0.4 is 50.8 Å². The van der Waals surface area contributed by atoms with Gasteiger partial charge >= 0.3 is 0 Å². The van der Waals surface area contributed by atoms with Crippen molar-refractivity contribution in [2.24, 2.45) is 0 Å². The van der Waals surface area contributed by atoms with Crippen LogP contribution >= 0.6 is 15.8 Å². The van der Waals surface area contributed by atoms with Crippen molar-refractivity contribution in [3.63, 3.8) is 0 Å². The summed E-state index contributed by atoms with van der Waals surface area (Å²) in [5.74, 6) is 2.74. The summed E-state index contributed by atoms with van der Waals surface area (Å²) in [6.07, 6.45) is 0. The topological polar surface area (TPSA) is 55.4 Å². The van der Waals surface area contributed by atoms with Crippen molar-refractivity contribution < 1.29 is 28.4 Å². The normalized spacial score (nSPS) is 14.7. The van der Waals surface area contributed by atoms with Crippen LogP contribution in [0.1, 0.15) is 0 Å². The first-order valence-electron chi connectivity index (χ1n) is 17.7. The van der Waals surface area contributed by atoms with Crippen molar-refractivity contribution in [1.29, 1.82) is 0 Å². The molecule has 2 aliphatic rings. The summed E-state index contributed by atoms with van der Waals surface area (Å²) in [6.45, 7) is 3.46. The van der Waals surface area contributed by atoms with Crippen molar-refractivity contribution in [3.8, 4) is 34.1 Å². The number of fused-ring (bicyclic) bond motifs is 2. The van der Waals surface area contributed by atoms with E-state index in [0.717, 1.165) is 21.7 Å². The standard InChI is InChI=1S/C44H40O6P2/c1-5-13-33(14-6-1)51(34-15-7-2-8-16-34)39-23-21-37-43(49-31-27-45-25-29-47-37)41(39)42-40(24-22-38-44(42)50-32-28-46-26-30-48-38)52(35-17-9-3-10-18-35)36-19-11-4-12-20-36/h1-24H,25-32H2. The van der Waals surface area contributed by atoms with Crippen molar-refractivity contribution >= 4 is 47.7 Å². The molecule has 0 saturated heterocycles. The third-order valence-electron chi connectivity index (χ3n) is 8.91. The average molecular weight is 727 g/mol. The van der Waals surface area contributed by atoms with Gasteiger partial charge in [-0.25, -0.2) is 0 Å². The smallest absolute Gasteiger partial charge is 0.169 e. The molecular formula is C44H40O6P2. The van der Waals surface area contributed by atoms with Crippen LogP contribution in [0.25, 0.3) is 11.1 Å². The highest BCUT2D eigenvalue weighted by Crippen LogP contribution is 2.52. The van der Waals surface area contributed by atoms with E-state index in [2.05, 4.69) is 146 Å². The predicted octanol–water partition coefficient (Wildman–Crippen LogP) is 6.45. The van der Waals surface area contributed by atoms with Crippen LogP contribution in [0.5, 0.6) is 23.0 Å². The fourth-order valence-electron chi connectivity index (χ4n) is 6.67. The van der Waals surface area contributed by atoms with E-state index in [0.29, 0.717) is 75.9 Å². The molecule has 0 saturated carbocycles. The summed E-state index contributed by atoms with van der Waals surface area (Å²) in [5.41, 5.74) is 1.90. The Labute approximate surface area is 307 Å². The van der Waals surface area contributed by atoms with E-state index in [1.807, 2.05) is 0 Å². The van der Waals surface area contributed by atoms with Crippen molar-refractivity contribution in [1.82, 2.24) is 0 Å². The molecule has 6 aromatic carbocycles. The van der Waals surface area contributed by atoms with Crippen molar-refractivity contribution in [2.75, 3.05) is 52.9 Å². The molecule has 2 heterocycles. The van der Waals surface area contributed by atoms with Crippen LogP contribution in [0.3, 0.4) is 0 Å². The maximum atomic E-state index is 6.82. The molecule has 0 aromatic heterocycles. The summed E-state index contributed by atoms with van der Waals surface area (Å²) in [6, 6.07) is 51.7. The van der Waals surface area contributed by atoms with Crippen LogP contribution in [-0.4, -0.2) is 52.9 Å². The van der Waals surface area contributed by atoms with E-state index in [1.165, 1.54) is 21.2 Å². The molecule has 6 aromatic rings. The number of benzene rings is 6. The van der Waals surface area contributed by atoms with Gasteiger partial charge in [-0.2, -0.15) is 0 Å². The molecule has 262 valence electrons. The third kappa shape index (κ3) is 7.44. The highest BCUT2D eigenvalue weighted by atomic mass is 31.1. The second kappa shape index (κ2) is 16.8. The molecule has 0 bridgehead atoms. The number of hydrogen-bond acceptors (Lipinski definition) is 6. The van der Waals surface area contributed by atoms with Gasteiger partial charge in [0.2, 0.25) is 0 Å². The van der Waals surface area contributed by atoms with E-state index in [-0.39, 0.29) is 0 Å². The monoisotopic (exact) mass is 726 g/mol. The molecule has 0 fully saturated rings. The fourth-order valence-corrected chi connectivity index (χ4v) is 11.6. The summed E-state index contributed by atoms with van der Waals surface area (Å²) < 4.78 is 38.3. The zero-order chi connectivity index (χ0) is 35.0. The predicted molar refractivity (Wildman–Crippen MR) is 213 cm³/mol. The van der Waals surface area contributed by atoms with E-state index >= 15 is 0 Å². The van der Waals surface area contributed by atoms with Gasteiger partial charge in [-0.1, -0.05) is 121 Å². The Kier molecular flexibility index (Phi) is 11.1. The van der Waals surface area contributed by atoms with Gasteiger partial charge in [0.15, 0.2) is 23.0 Å².